The van der Waals surface area contributed by atoms with Crippen molar-refractivity contribution in [3.8, 4) is 0 Å². The Labute approximate surface area is 118 Å². The van der Waals surface area contributed by atoms with E-state index in [-0.39, 0.29) is 51.9 Å². The molecule has 0 aromatic heterocycles. The molecule has 1 radical (unpaired) electrons. The first-order valence-corrected chi connectivity index (χ1v) is 6.38. The molecule has 0 atom stereocenters. The molecule has 0 rings (SSSR count). The molecule has 2 N–H and O–H groups in total. The fourth-order valence-corrected chi connectivity index (χ4v) is 0. The van der Waals surface area contributed by atoms with Gasteiger partial charge in [-0.3, -0.25) is 9.11 Å². The van der Waals surface area contributed by atoms with E-state index in [1.807, 2.05) is 0 Å². The van der Waals surface area contributed by atoms with Crippen LogP contribution in [0.5, 0.6) is 0 Å². The van der Waals surface area contributed by atoms with Gasteiger partial charge in [0.05, 0.1) is 0 Å². The molecule has 0 spiro atoms. The molecule has 0 aromatic rings. The van der Waals surface area contributed by atoms with Gasteiger partial charge < -0.3 is 0 Å². The second-order valence-corrected chi connectivity index (χ2v) is 5.46. The summed E-state index contributed by atoms with van der Waals surface area (Å²) in [5.74, 6) is 0. The summed E-state index contributed by atoms with van der Waals surface area (Å²) in [6.45, 7) is 0. The van der Waals surface area contributed by atoms with Gasteiger partial charge in [0.25, 0.3) is 0 Å². The van der Waals surface area contributed by atoms with Gasteiger partial charge in [0, 0.05) is 22.4 Å². The summed E-state index contributed by atoms with van der Waals surface area (Å²) in [4.78, 5) is 0. The fraction of sp³-hybridized carbons (Fsp3) is 0. The Balaban J connectivity index is -0.0000000457. The summed E-state index contributed by atoms with van der Waals surface area (Å²) in [7, 11) is -7.94. The predicted octanol–water partition coefficient (Wildman–Crippen LogP) is -1.21. The molecule has 0 amide bonds. The fourth-order valence-electron chi connectivity index (χ4n) is 0. The van der Waals surface area contributed by atoms with Crippen molar-refractivity contribution >= 4 is 71.2 Å². The van der Waals surface area contributed by atoms with E-state index in [4.69, 9.17) is 25.9 Å². The summed E-state index contributed by atoms with van der Waals surface area (Å²) in [5.41, 5.74) is 0. The Morgan fingerprint density at radius 3 is 0.833 bits per heavy atom. The molecule has 12 heavy (non-hydrogen) atoms. The third kappa shape index (κ3) is 304. The average molecular weight is 449 g/mol. The molecule has 77 valence electrons. The zero-order valence-electron chi connectivity index (χ0n) is 4.54. The van der Waals surface area contributed by atoms with Crippen LogP contribution in [0.25, 0.3) is 0 Å². The Kier molecular flexibility index (Phi) is 19.5. The van der Waals surface area contributed by atoms with Crippen LogP contribution < -0.4 is 0 Å². The van der Waals surface area contributed by atoms with E-state index in [2.05, 4.69) is 23.3 Å². The van der Waals surface area contributed by atoms with Gasteiger partial charge in [-0.15, -0.1) is 0 Å². The van der Waals surface area contributed by atoms with E-state index < -0.39 is 18.3 Å². The number of rotatable bonds is 0. The van der Waals surface area contributed by atoms with Gasteiger partial charge in [0.2, 0.25) is 0 Å². The first kappa shape index (κ1) is 23.8. The van der Waals surface area contributed by atoms with Gasteiger partial charge in [0.15, 0.2) is 0 Å². The Morgan fingerprint density at radius 2 is 0.833 bits per heavy atom. The Bertz CT molecular complexity index is 216. The van der Waals surface area contributed by atoms with Gasteiger partial charge in [0.1, 0.15) is 0 Å². The van der Waals surface area contributed by atoms with E-state index in [0.29, 0.717) is 0 Å². The second kappa shape index (κ2) is 9.80. The van der Waals surface area contributed by atoms with Crippen molar-refractivity contribution in [2.24, 2.45) is 0 Å². The molecular formula is H5AuNaO6S4. The van der Waals surface area contributed by atoms with Gasteiger partial charge in [-0.2, -0.15) is 16.8 Å². The van der Waals surface area contributed by atoms with Crippen molar-refractivity contribution in [1.29, 1.82) is 0 Å². The molecule has 0 bridgehead atoms. The van der Waals surface area contributed by atoms with Gasteiger partial charge in [-0.25, -0.2) is 0 Å². The van der Waals surface area contributed by atoms with E-state index in [0.717, 1.165) is 0 Å². The predicted molar refractivity (Wildman–Crippen MR) is 48.2 cm³/mol. The van der Waals surface area contributed by atoms with E-state index in [1.54, 1.807) is 0 Å². The van der Waals surface area contributed by atoms with Gasteiger partial charge in [-0.1, -0.05) is 0 Å². The zero-order chi connectivity index (χ0) is 9.00. The number of thiol groups is 2. The van der Waals surface area contributed by atoms with Crippen molar-refractivity contribution in [2.45, 2.75) is 0 Å². The van der Waals surface area contributed by atoms with Crippen molar-refractivity contribution in [1.82, 2.24) is 0 Å². The summed E-state index contributed by atoms with van der Waals surface area (Å²) in [5, 5.41) is 0. The van der Waals surface area contributed by atoms with Gasteiger partial charge >= 0.3 is 47.9 Å². The maximum atomic E-state index is 9.05. The normalized spacial score (nSPS) is 9.67. The molecule has 6 nitrogen and oxygen atoms in total. The topological polar surface area (TPSA) is 109 Å². The molecule has 0 saturated heterocycles. The zero-order valence-corrected chi connectivity index (χ0v) is 10.1. The van der Waals surface area contributed by atoms with Crippen LogP contribution in [-0.2, 0) is 40.7 Å². The summed E-state index contributed by atoms with van der Waals surface area (Å²) in [6.07, 6.45) is 0. The van der Waals surface area contributed by atoms with Crippen LogP contribution in [-0.4, -0.2) is 55.5 Å². The molecule has 0 fully saturated rings. The minimum atomic E-state index is -3.97. The van der Waals surface area contributed by atoms with E-state index >= 15 is 0 Å². The SMILES string of the molecule is O=S(=O)(O)S.O=S(=O)(O)S.[Au].[NaH]. The number of hydrogen-bond acceptors (Lipinski definition) is 4. The summed E-state index contributed by atoms with van der Waals surface area (Å²) < 4.78 is 50.9. The van der Waals surface area contributed by atoms with Crippen LogP contribution in [0.4, 0.5) is 0 Å². The van der Waals surface area contributed by atoms with Crippen molar-refractivity contribution in [2.75, 3.05) is 0 Å². The average Bonchev–Trinajstić information content (AvgIpc) is 1.12. The maximum absolute atomic E-state index is 9.05. The second-order valence-electron chi connectivity index (χ2n) is 0.896. The van der Waals surface area contributed by atoms with Crippen LogP contribution in [0.1, 0.15) is 0 Å². The quantitative estimate of drug-likeness (QED) is 0.160. The molecule has 0 aliphatic heterocycles. The van der Waals surface area contributed by atoms with Crippen molar-refractivity contribution < 1.29 is 48.3 Å². The first-order valence-electron chi connectivity index (χ1n) is 1.40. The molecule has 12 heteroatoms. The minimum absolute atomic E-state index is 0. The first-order chi connectivity index (χ1) is 4.00. The van der Waals surface area contributed by atoms with E-state index in [1.165, 1.54) is 0 Å². The summed E-state index contributed by atoms with van der Waals surface area (Å²) in [6, 6.07) is 0. The third-order valence-electron chi connectivity index (χ3n) is 0. The molecule has 0 unspecified atom stereocenters. The van der Waals surface area contributed by atoms with Crippen LogP contribution in [0.3, 0.4) is 0 Å². The van der Waals surface area contributed by atoms with Gasteiger partial charge in [-0.05, 0) is 23.3 Å². The van der Waals surface area contributed by atoms with Crippen LogP contribution in [0.2, 0.25) is 0 Å². The standard InChI is InChI=1S/Au.Na.2H2O3S2.H/c;;2*1-5(2,3)4;/h;;2*(H2,1,2,3,4);. The molecule has 0 aliphatic carbocycles. The van der Waals surface area contributed by atoms with Crippen molar-refractivity contribution in [3.05, 3.63) is 0 Å². The molecule has 0 saturated carbocycles. The number of hydrogen-bond donors (Lipinski definition) is 4. The van der Waals surface area contributed by atoms with Crippen LogP contribution in [0, 0.1) is 0 Å². The summed E-state index contributed by atoms with van der Waals surface area (Å²) >= 11 is 5.30. The van der Waals surface area contributed by atoms with Crippen LogP contribution in [0.15, 0.2) is 0 Å². The Hall–Kier alpha value is 2.26. The molecule has 0 aliphatic rings. The monoisotopic (exact) mass is 449 g/mol. The van der Waals surface area contributed by atoms with E-state index in [9.17, 15) is 0 Å². The molecular weight excluding hydrogens is 444 g/mol. The van der Waals surface area contributed by atoms with Crippen LogP contribution >= 0.6 is 23.3 Å². The third-order valence-corrected chi connectivity index (χ3v) is 0. The van der Waals surface area contributed by atoms with Crippen molar-refractivity contribution in [3.63, 3.8) is 0 Å². The Morgan fingerprint density at radius 1 is 0.833 bits per heavy atom. The molecule has 0 aromatic carbocycles. The molecule has 0 heterocycles.